The molecule has 24 heavy (non-hydrogen) atoms. The number of halogens is 3. The van der Waals surface area contributed by atoms with E-state index in [9.17, 15) is 22.8 Å². The maximum absolute atomic E-state index is 12.5. The molecule has 0 aliphatic heterocycles. The predicted molar refractivity (Wildman–Crippen MR) is 81.3 cm³/mol. The number of benzene rings is 1. The molecule has 1 aromatic heterocycles. The number of hydrogen-bond acceptors (Lipinski definition) is 5. The second-order valence-electron chi connectivity index (χ2n) is 4.81. The van der Waals surface area contributed by atoms with E-state index in [0.29, 0.717) is 10.6 Å². The molecule has 2 rings (SSSR count). The third-order valence-electron chi connectivity index (χ3n) is 2.93. The average Bonchev–Trinajstić information content (AvgIpc) is 2.91. The molecule has 6 nitrogen and oxygen atoms in total. The Morgan fingerprint density at radius 1 is 1.21 bits per heavy atom. The number of hydrogen-bond donors (Lipinski definition) is 2. The van der Waals surface area contributed by atoms with Gasteiger partial charge in [-0.05, 0) is 12.5 Å². The van der Waals surface area contributed by atoms with Gasteiger partial charge in [0.1, 0.15) is 5.01 Å². The van der Waals surface area contributed by atoms with E-state index in [1.807, 2.05) is 5.32 Å². The number of alkyl halides is 3. The first kappa shape index (κ1) is 17.9. The lowest BCUT2D eigenvalue weighted by atomic mass is 10.0. The van der Waals surface area contributed by atoms with Gasteiger partial charge in [0, 0.05) is 0 Å². The van der Waals surface area contributed by atoms with Crippen LogP contribution in [-0.4, -0.2) is 28.2 Å². The van der Waals surface area contributed by atoms with Crippen LogP contribution in [0.5, 0.6) is 0 Å². The topological polar surface area (TPSA) is 84.0 Å². The molecule has 0 bridgehead atoms. The summed E-state index contributed by atoms with van der Waals surface area (Å²) in [4.78, 5) is 23.2. The Morgan fingerprint density at radius 2 is 1.88 bits per heavy atom. The Balaban J connectivity index is 2.10. The summed E-state index contributed by atoms with van der Waals surface area (Å²) in [6, 6.07) is 6.83. The minimum absolute atomic E-state index is 0.242. The second kappa shape index (κ2) is 7.39. The van der Waals surface area contributed by atoms with Gasteiger partial charge in [0.2, 0.25) is 11.0 Å². The third-order valence-corrected chi connectivity index (χ3v) is 3.68. The lowest BCUT2D eigenvalue weighted by Crippen LogP contribution is -2.40. The number of aryl methyl sites for hydroxylation is 1. The summed E-state index contributed by atoms with van der Waals surface area (Å²) in [6.07, 6.45) is -5.40. The lowest BCUT2D eigenvalue weighted by Gasteiger charge is -2.19. The minimum Gasteiger partial charge on any atom is -0.341 e. The standard InChI is InChI=1S/C14H13F3N4O2S/c1-8-20-21-13(24-8)19-11(22)7-10(9-5-3-2-4-6-9)18-12(23)14(15,16)17/h2-6,10H,7H2,1H3,(H,18,23)(H,19,21,22)/t10-/m0/s1. The van der Waals surface area contributed by atoms with Crippen molar-refractivity contribution in [3.8, 4) is 0 Å². The van der Waals surface area contributed by atoms with Crippen molar-refractivity contribution < 1.29 is 22.8 Å². The van der Waals surface area contributed by atoms with Gasteiger partial charge < -0.3 is 10.6 Å². The molecule has 1 atom stereocenters. The van der Waals surface area contributed by atoms with Gasteiger partial charge in [0.05, 0.1) is 12.5 Å². The highest BCUT2D eigenvalue weighted by atomic mass is 32.1. The van der Waals surface area contributed by atoms with Crippen molar-refractivity contribution in [3.05, 3.63) is 40.9 Å². The van der Waals surface area contributed by atoms with Crippen LogP contribution in [0, 0.1) is 6.92 Å². The summed E-state index contributed by atoms with van der Waals surface area (Å²) >= 11 is 1.14. The van der Waals surface area contributed by atoms with Crippen LogP contribution >= 0.6 is 11.3 Å². The van der Waals surface area contributed by atoms with E-state index in [4.69, 9.17) is 0 Å². The monoisotopic (exact) mass is 358 g/mol. The van der Waals surface area contributed by atoms with Crippen molar-refractivity contribution in [2.75, 3.05) is 5.32 Å². The van der Waals surface area contributed by atoms with Gasteiger partial charge in [0.25, 0.3) is 0 Å². The van der Waals surface area contributed by atoms with Gasteiger partial charge in [-0.15, -0.1) is 10.2 Å². The van der Waals surface area contributed by atoms with Crippen molar-refractivity contribution in [1.82, 2.24) is 15.5 Å². The number of aromatic nitrogens is 2. The third kappa shape index (κ3) is 5.01. The van der Waals surface area contributed by atoms with E-state index >= 15 is 0 Å². The van der Waals surface area contributed by atoms with Gasteiger partial charge >= 0.3 is 12.1 Å². The van der Waals surface area contributed by atoms with Crippen molar-refractivity contribution in [2.45, 2.75) is 25.6 Å². The van der Waals surface area contributed by atoms with Crippen LogP contribution in [0.3, 0.4) is 0 Å². The Hall–Kier alpha value is -2.49. The number of carbonyl (C=O) groups excluding carboxylic acids is 2. The number of nitrogens with zero attached hydrogens (tertiary/aromatic N) is 2. The van der Waals surface area contributed by atoms with Crippen LogP contribution in [0.2, 0.25) is 0 Å². The predicted octanol–water partition coefficient (Wildman–Crippen LogP) is 2.59. The number of nitrogens with one attached hydrogen (secondary N) is 2. The van der Waals surface area contributed by atoms with Crippen LogP contribution in [0.25, 0.3) is 0 Å². The van der Waals surface area contributed by atoms with Crippen LogP contribution in [-0.2, 0) is 9.59 Å². The fraction of sp³-hybridized carbons (Fsp3) is 0.286. The molecule has 1 aromatic carbocycles. The summed E-state index contributed by atoms with van der Waals surface area (Å²) in [7, 11) is 0. The molecule has 0 spiro atoms. The van der Waals surface area contributed by atoms with Gasteiger partial charge in [-0.1, -0.05) is 41.7 Å². The van der Waals surface area contributed by atoms with Crippen LogP contribution in [0.15, 0.2) is 30.3 Å². The lowest BCUT2D eigenvalue weighted by molar-refractivity contribution is -0.174. The quantitative estimate of drug-likeness (QED) is 0.861. The van der Waals surface area contributed by atoms with E-state index < -0.39 is 24.0 Å². The summed E-state index contributed by atoms with van der Waals surface area (Å²) in [5.74, 6) is -2.68. The average molecular weight is 358 g/mol. The second-order valence-corrected chi connectivity index (χ2v) is 5.99. The highest BCUT2D eigenvalue weighted by Gasteiger charge is 2.40. The molecule has 0 radical (unpaired) electrons. The number of amides is 2. The number of carbonyl (C=O) groups is 2. The van der Waals surface area contributed by atoms with E-state index in [-0.39, 0.29) is 11.6 Å². The zero-order valence-corrected chi connectivity index (χ0v) is 13.2. The van der Waals surface area contributed by atoms with Crippen LogP contribution < -0.4 is 10.6 Å². The maximum atomic E-state index is 12.5. The highest BCUT2D eigenvalue weighted by Crippen LogP contribution is 2.22. The van der Waals surface area contributed by atoms with Gasteiger partial charge in [0.15, 0.2) is 0 Å². The fourth-order valence-corrected chi connectivity index (χ4v) is 2.49. The van der Waals surface area contributed by atoms with E-state index in [0.717, 1.165) is 11.3 Å². The van der Waals surface area contributed by atoms with Crippen molar-refractivity contribution >= 4 is 28.3 Å². The molecule has 2 aromatic rings. The summed E-state index contributed by atoms with van der Waals surface area (Å²) in [6.45, 7) is 1.70. The van der Waals surface area contributed by atoms with E-state index in [1.54, 1.807) is 25.1 Å². The molecule has 0 aliphatic carbocycles. The van der Waals surface area contributed by atoms with Crippen LogP contribution in [0.4, 0.5) is 18.3 Å². The Bertz CT molecular complexity index is 718. The largest absolute Gasteiger partial charge is 0.471 e. The number of rotatable bonds is 5. The molecular formula is C14H13F3N4O2S. The van der Waals surface area contributed by atoms with Crippen molar-refractivity contribution in [1.29, 1.82) is 0 Å². The number of anilines is 1. The molecule has 2 N–H and O–H groups in total. The summed E-state index contributed by atoms with van der Waals surface area (Å²) in [5.41, 5.74) is 0.388. The van der Waals surface area contributed by atoms with Crippen molar-refractivity contribution in [3.63, 3.8) is 0 Å². The fourth-order valence-electron chi connectivity index (χ4n) is 1.88. The zero-order valence-electron chi connectivity index (χ0n) is 12.4. The van der Waals surface area contributed by atoms with Gasteiger partial charge in [-0.2, -0.15) is 13.2 Å². The minimum atomic E-state index is -5.03. The first-order valence-electron chi connectivity index (χ1n) is 6.78. The molecule has 0 saturated heterocycles. The summed E-state index contributed by atoms with van der Waals surface area (Å²) in [5, 5.41) is 12.6. The van der Waals surface area contributed by atoms with Crippen molar-refractivity contribution in [2.24, 2.45) is 0 Å². The Morgan fingerprint density at radius 3 is 2.42 bits per heavy atom. The zero-order chi connectivity index (χ0) is 17.7. The van der Waals surface area contributed by atoms with Gasteiger partial charge in [-0.25, -0.2) is 0 Å². The van der Waals surface area contributed by atoms with Crippen LogP contribution in [0.1, 0.15) is 23.0 Å². The SMILES string of the molecule is Cc1nnc(NC(=O)C[C@H](NC(=O)C(F)(F)F)c2ccccc2)s1. The van der Waals surface area contributed by atoms with E-state index in [1.165, 1.54) is 12.1 Å². The first-order chi connectivity index (χ1) is 11.3. The molecule has 10 heteroatoms. The first-order valence-corrected chi connectivity index (χ1v) is 7.60. The molecule has 0 aliphatic rings. The smallest absolute Gasteiger partial charge is 0.341 e. The maximum Gasteiger partial charge on any atom is 0.471 e. The molecule has 0 saturated carbocycles. The Kier molecular flexibility index (Phi) is 5.50. The van der Waals surface area contributed by atoms with E-state index in [2.05, 4.69) is 15.5 Å². The normalized spacial score (nSPS) is 12.5. The van der Waals surface area contributed by atoms with Gasteiger partial charge in [-0.3, -0.25) is 9.59 Å². The molecule has 0 fully saturated rings. The molecule has 1 heterocycles. The molecule has 128 valence electrons. The summed E-state index contributed by atoms with van der Waals surface area (Å²) < 4.78 is 37.4. The Labute approximate surface area is 139 Å². The molecular weight excluding hydrogens is 345 g/mol. The molecule has 0 unspecified atom stereocenters. The highest BCUT2D eigenvalue weighted by molar-refractivity contribution is 7.15. The molecule has 2 amide bonds.